The van der Waals surface area contributed by atoms with Gasteiger partial charge < -0.3 is 10.1 Å². The molecule has 0 fully saturated rings. The summed E-state index contributed by atoms with van der Waals surface area (Å²) in [6.45, 7) is 0.215. The van der Waals surface area contributed by atoms with E-state index in [0.29, 0.717) is 5.56 Å². The summed E-state index contributed by atoms with van der Waals surface area (Å²) in [5, 5.41) is 3.75. The summed E-state index contributed by atoms with van der Waals surface area (Å²) in [7, 11) is 1.53. The van der Waals surface area contributed by atoms with Gasteiger partial charge in [0, 0.05) is 0 Å². The van der Waals surface area contributed by atoms with Crippen LogP contribution in [0.4, 0.5) is 13.2 Å². The first-order chi connectivity index (χ1) is 6.53. The van der Waals surface area contributed by atoms with E-state index in [9.17, 15) is 13.2 Å². The second kappa shape index (κ2) is 6.88. The van der Waals surface area contributed by atoms with Crippen molar-refractivity contribution in [2.75, 3.05) is 7.05 Å². The predicted molar refractivity (Wildman–Crippen MR) is 46.1 cm³/mol. The first kappa shape index (κ1) is 15.4. The van der Waals surface area contributed by atoms with E-state index in [1.165, 1.54) is 19.2 Å². The van der Waals surface area contributed by atoms with Crippen LogP contribution in [0.25, 0.3) is 5.32 Å². The molecule has 0 N–H and O–H groups in total. The molecule has 1 aromatic carbocycles. The molecule has 2 nitrogen and oxygen atoms in total. The number of hydrogen-bond donors (Lipinski definition) is 0. The number of rotatable bonds is 3. The Kier molecular flexibility index (Phi) is 7.06. The third kappa shape index (κ3) is 5.89. The minimum Gasteiger partial charge on any atom is -0.661 e. The number of para-hydroxylation sites is 1. The number of hydrogen-bond acceptors (Lipinski definition) is 1. The van der Waals surface area contributed by atoms with Gasteiger partial charge in [0.15, 0.2) is 0 Å². The third-order valence-corrected chi connectivity index (χ3v) is 1.53. The van der Waals surface area contributed by atoms with Crippen molar-refractivity contribution in [2.45, 2.75) is 12.9 Å². The molecule has 0 saturated heterocycles. The fourth-order valence-electron chi connectivity index (χ4n) is 1.03. The van der Waals surface area contributed by atoms with Crippen molar-refractivity contribution in [1.29, 1.82) is 0 Å². The van der Waals surface area contributed by atoms with Crippen LogP contribution >= 0.6 is 0 Å². The zero-order valence-corrected chi connectivity index (χ0v) is 11.6. The Labute approximate surface area is 129 Å². The van der Waals surface area contributed by atoms with Crippen LogP contribution in [0, 0.1) is 0 Å². The zero-order chi connectivity index (χ0) is 10.6. The van der Waals surface area contributed by atoms with Gasteiger partial charge in [-0.1, -0.05) is 18.2 Å². The van der Waals surface area contributed by atoms with Gasteiger partial charge in [-0.3, -0.25) is 0 Å². The summed E-state index contributed by atoms with van der Waals surface area (Å²) in [6, 6.07) is 5.95. The molecule has 0 radical (unpaired) electrons. The minimum absolute atomic E-state index is 0. The molecule has 1 rings (SSSR count). The average Bonchev–Trinajstić information content (AvgIpc) is 2.06. The Morgan fingerprint density at radius 1 is 1.27 bits per heavy atom. The van der Waals surface area contributed by atoms with Gasteiger partial charge in [-0.15, -0.1) is 19.7 Å². The minimum atomic E-state index is -4.65. The Hall–Kier alpha value is 0.406. The SMILES string of the molecule is C[N-]Cc1ccccc1OC(F)(F)F.[K+]. The van der Waals surface area contributed by atoms with Gasteiger partial charge in [0.2, 0.25) is 0 Å². The molecular formula is C9H9F3KNO. The molecule has 0 spiro atoms. The molecule has 0 aliphatic rings. The van der Waals surface area contributed by atoms with Crippen molar-refractivity contribution in [3.05, 3.63) is 35.1 Å². The molecule has 6 heteroatoms. The summed E-state index contributed by atoms with van der Waals surface area (Å²) in [5.41, 5.74) is 0.423. The zero-order valence-electron chi connectivity index (χ0n) is 8.51. The van der Waals surface area contributed by atoms with Crippen LogP contribution in [0.15, 0.2) is 24.3 Å². The fourth-order valence-corrected chi connectivity index (χ4v) is 1.03. The van der Waals surface area contributed by atoms with Gasteiger partial charge in [-0.05, 0) is 11.6 Å². The summed E-state index contributed by atoms with van der Waals surface area (Å²) < 4.78 is 39.6. The largest absolute Gasteiger partial charge is 1.00 e. The Morgan fingerprint density at radius 3 is 2.40 bits per heavy atom. The number of nitrogens with zero attached hydrogens (tertiary/aromatic N) is 1. The van der Waals surface area contributed by atoms with E-state index in [2.05, 4.69) is 10.1 Å². The molecule has 0 atom stereocenters. The Balaban J connectivity index is 0.00000196. The Morgan fingerprint density at radius 2 is 1.87 bits per heavy atom. The van der Waals surface area contributed by atoms with Gasteiger partial charge >= 0.3 is 57.7 Å². The van der Waals surface area contributed by atoms with Crippen molar-refractivity contribution in [3.63, 3.8) is 0 Å². The van der Waals surface area contributed by atoms with Crippen molar-refractivity contribution in [1.82, 2.24) is 0 Å². The molecule has 0 bridgehead atoms. The van der Waals surface area contributed by atoms with E-state index < -0.39 is 6.36 Å². The van der Waals surface area contributed by atoms with Gasteiger partial charge in [0.05, 0.1) is 0 Å². The average molecular weight is 243 g/mol. The molecule has 0 aromatic heterocycles. The molecule has 1 aromatic rings. The second-order valence-electron chi connectivity index (χ2n) is 2.63. The molecule has 0 aliphatic heterocycles. The van der Waals surface area contributed by atoms with E-state index in [1.807, 2.05) is 0 Å². The first-order valence-corrected chi connectivity index (χ1v) is 3.92. The van der Waals surface area contributed by atoms with E-state index in [1.54, 1.807) is 12.1 Å². The van der Waals surface area contributed by atoms with Crippen molar-refractivity contribution >= 4 is 0 Å². The van der Waals surface area contributed by atoms with Crippen molar-refractivity contribution in [3.8, 4) is 5.75 Å². The van der Waals surface area contributed by atoms with Crippen LogP contribution in [0.1, 0.15) is 5.56 Å². The number of alkyl halides is 3. The maximum Gasteiger partial charge on any atom is 1.00 e. The van der Waals surface area contributed by atoms with Crippen LogP contribution in [0.3, 0.4) is 0 Å². The standard InChI is InChI=1S/C9H9F3NO.K/c1-13-6-7-4-2-3-5-8(7)14-9(10,11)12;/h2-5H,6H2,1H3;/q-1;+1. The van der Waals surface area contributed by atoms with Crippen LogP contribution in [-0.4, -0.2) is 13.4 Å². The number of halogens is 3. The van der Waals surface area contributed by atoms with E-state index >= 15 is 0 Å². The quantitative estimate of drug-likeness (QED) is 0.690. The predicted octanol–water partition coefficient (Wildman–Crippen LogP) is 0.0927. The van der Waals surface area contributed by atoms with E-state index in [0.717, 1.165) is 0 Å². The summed E-state index contributed by atoms with van der Waals surface area (Å²) >= 11 is 0. The van der Waals surface area contributed by atoms with Crippen LogP contribution in [0.2, 0.25) is 0 Å². The summed E-state index contributed by atoms with van der Waals surface area (Å²) in [4.78, 5) is 0. The molecule has 0 saturated carbocycles. The van der Waals surface area contributed by atoms with Gasteiger partial charge in [0.1, 0.15) is 5.75 Å². The monoisotopic (exact) mass is 243 g/mol. The normalized spacial score (nSPS) is 10.7. The van der Waals surface area contributed by atoms with E-state index in [-0.39, 0.29) is 63.7 Å². The maximum atomic E-state index is 11.9. The molecule has 0 unspecified atom stereocenters. The maximum absolute atomic E-state index is 11.9. The van der Waals surface area contributed by atoms with E-state index in [4.69, 9.17) is 0 Å². The summed E-state index contributed by atoms with van der Waals surface area (Å²) in [6.07, 6.45) is -4.65. The topological polar surface area (TPSA) is 23.3 Å². The smallest absolute Gasteiger partial charge is 0.661 e. The number of benzene rings is 1. The van der Waals surface area contributed by atoms with Crippen molar-refractivity contribution < 1.29 is 69.3 Å². The van der Waals surface area contributed by atoms with Crippen molar-refractivity contribution in [2.24, 2.45) is 0 Å². The molecule has 0 heterocycles. The van der Waals surface area contributed by atoms with Gasteiger partial charge in [-0.2, -0.15) is 7.05 Å². The third-order valence-electron chi connectivity index (χ3n) is 1.53. The van der Waals surface area contributed by atoms with Crippen LogP contribution in [0.5, 0.6) is 5.75 Å². The first-order valence-electron chi connectivity index (χ1n) is 3.92. The van der Waals surface area contributed by atoms with Crippen LogP contribution in [-0.2, 0) is 6.54 Å². The molecule has 0 amide bonds. The fraction of sp³-hybridized carbons (Fsp3) is 0.333. The van der Waals surface area contributed by atoms with Gasteiger partial charge in [0.25, 0.3) is 0 Å². The number of ether oxygens (including phenoxy) is 1. The Bertz CT molecular complexity index is 304. The van der Waals surface area contributed by atoms with Crippen LogP contribution < -0.4 is 56.1 Å². The second-order valence-corrected chi connectivity index (χ2v) is 2.63. The molecule has 15 heavy (non-hydrogen) atoms. The molecule has 0 aliphatic carbocycles. The van der Waals surface area contributed by atoms with Gasteiger partial charge in [-0.25, -0.2) is 0 Å². The summed E-state index contributed by atoms with van der Waals surface area (Å²) in [5.74, 6) is -0.189. The molecular weight excluding hydrogens is 234 g/mol. The molecule has 78 valence electrons.